The minimum atomic E-state index is -0.120. The molecule has 0 radical (unpaired) electrons. The number of carbonyl (C=O) groups is 1. The first-order valence-electron chi connectivity index (χ1n) is 8.34. The summed E-state index contributed by atoms with van der Waals surface area (Å²) in [5.41, 5.74) is 0. The number of carbonyl (C=O) groups excluding carboxylic acids is 1. The van der Waals surface area contributed by atoms with Crippen LogP contribution in [0.2, 0.25) is 0 Å². The molecule has 0 aliphatic heterocycles. The van der Waals surface area contributed by atoms with Gasteiger partial charge in [-0.05, 0) is 12.8 Å². The number of aromatic hydroxyl groups is 2. The van der Waals surface area contributed by atoms with Crippen molar-refractivity contribution in [1.82, 2.24) is 0 Å². The molecule has 23 heavy (non-hydrogen) atoms. The summed E-state index contributed by atoms with van der Waals surface area (Å²) in [6.07, 6.45) is 9.32. The van der Waals surface area contributed by atoms with E-state index in [2.05, 4.69) is 4.74 Å². The molecule has 0 aliphatic rings. The van der Waals surface area contributed by atoms with Gasteiger partial charge in [0.2, 0.25) is 0 Å². The molecule has 2 N–H and O–H groups in total. The van der Waals surface area contributed by atoms with Crippen LogP contribution in [-0.4, -0.2) is 29.9 Å². The van der Waals surface area contributed by atoms with E-state index in [9.17, 15) is 15.0 Å². The fraction of sp³-hybridized carbons (Fsp3) is 0.611. The first-order chi connectivity index (χ1) is 11.1. The Kier molecular flexibility index (Phi) is 9.68. The van der Waals surface area contributed by atoms with Gasteiger partial charge in [0.25, 0.3) is 0 Å². The van der Waals surface area contributed by atoms with Gasteiger partial charge in [-0.2, -0.15) is 0 Å². The van der Waals surface area contributed by atoms with E-state index < -0.39 is 0 Å². The maximum Gasteiger partial charge on any atom is 0.305 e. The summed E-state index contributed by atoms with van der Waals surface area (Å²) < 4.78 is 10.1. The first-order valence-corrected chi connectivity index (χ1v) is 8.34. The van der Waals surface area contributed by atoms with Crippen LogP contribution in [0, 0.1) is 0 Å². The van der Waals surface area contributed by atoms with Crippen LogP contribution in [-0.2, 0) is 9.53 Å². The number of phenolic OH excluding ortho intramolecular Hbond substituents is 2. The van der Waals surface area contributed by atoms with Gasteiger partial charge in [-0.15, -0.1) is 0 Å². The minimum absolute atomic E-state index is 0.00667. The van der Waals surface area contributed by atoms with Crippen LogP contribution in [0.4, 0.5) is 0 Å². The molecule has 0 bridgehead atoms. The molecule has 0 spiro atoms. The van der Waals surface area contributed by atoms with E-state index in [-0.39, 0.29) is 17.5 Å². The van der Waals surface area contributed by atoms with Gasteiger partial charge in [-0.1, -0.05) is 38.5 Å². The number of hydrogen-bond acceptors (Lipinski definition) is 5. The third-order valence-electron chi connectivity index (χ3n) is 3.65. The molecule has 1 aromatic carbocycles. The number of hydrogen-bond donors (Lipinski definition) is 2. The van der Waals surface area contributed by atoms with Gasteiger partial charge >= 0.3 is 5.97 Å². The van der Waals surface area contributed by atoms with Crippen molar-refractivity contribution in [2.75, 3.05) is 13.7 Å². The number of phenols is 2. The van der Waals surface area contributed by atoms with E-state index in [0.29, 0.717) is 18.8 Å². The molecule has 5 heteroatoms. The molecular weight excluding hydrogens is 296 g/mol. The second kappa shape index (κ2) is 11.6. The Morgan fingerprint density at radius 3 is 1.96 bits per heavy atom. The summed E-state index contributed by atoms with van der Waals surface area (Å²) in [5.74, 6) is 0.387. The molecule has 0 amide bonds. The van der Waals surface area contributed by atoms with Crippen molar-refractivity contribution in [1.29, 1.82) is 0 Å². The van der Waals surface area contributed by atoms with E-state index in [1.54, 1.807) is 0 Å². The Labute approximate surface area is 138 Å². The Bertz CT molecular complexity index is 438. The highest BCUT2D eigenvalue weighted by Crippen LogP contribution is 2.25. The smallest absolute Gasteiger partial charge is 0.305 e. The molecule has 0 saturated heterocycles. The first kappa shape index (κ1) is 19.1. The highest BCUT2D eigenvalue weighted by molar-refractivity contribution is 5.68. The molecule has 5 nitrogen and oxygen atoms in total. The number of esters is 1. The average molecular weight is 324 g/mol. The summed E-state index contributed by atoms with van der Waals surface area (Å²) in [4.78, 5) is 10.9. The van der Waals surface area contributed by atoms with Crippen molar-refractivity contribution in [3.8, 4) is 17.2 Å². The Balaban J connectivity index is 1.91. The molecule has 0 unspecified atom stereocenters. The minimum Gasteiger partial charge on any atom is -0.508 e. The van der Waals surface area contributed by atoms with Gasteiger partial charge in [-0.25, -0.2) is 0 Å². The lowest BCUT2D eigenvalue weighted by atomic mass is 10.1. The summed E-state index contributed by atoms with van der Waals surface area (Å²) >= 11 is 0. The molecule has 0 heterocycles. The molecular formula is C18H28O5. The zero-order valence-corrected chi connectivity index (χ0v) is 13.9. The summed E-state index contributed by atoms with van der Waals surface area (Å²) in [6, 6.07) is 4.26. The van der Waals surface area contributed by atoms with Gasteiger partial charge in [0, 0.05) is 24.6 Å². The topological polar surface area (TPSA) is 76.0 Å². The SMILES string of the molecule is COC(=O)CCCCCCCCCCOc1cc(O)cc(O)c1. The predicted molar refractivity (Wildman–Crippen MR) is 88.8 cm³/mol. The summed E-state index contributed by atoms with van der Waals surface area (Å²) in [6.45, 7) is 0.585. The van der Waals surface area contributed by atoms with Crippen LogP contribution in [0.1, 0.15) is 57.8 Å². The normalized spacial score (nSPS) is 10.5. The van der Waals surface area contributed by atoms with E-state index in [1.165, 1.54) is 44.6 Å². The number of methoxy groups -OCH3 is 1. The Morgan fingerprint density at radius 2 is 1.39 bits per heavy atom. The van der Waals surface area contributed by atoms with Crippen molar-refractivity contribution in [3.63, 3.8) is 0 Å². The number of benzene rings is 1. The van der Waals surface area contributed by atoms with Crippen molar-refractivity contribution >= 4 is 5.97 Å². The molecule has 130 valence electrons. The van der Waals surface area contributed by atoms with Crippen molar-refractivity contribution in [3.05, 3.63) is 18.2 Å². The fourth-order valence-electron chi connectivity index (χ4n) is 2.38. The fourth-order valence-corrected chi connectivity index (χ4v) is 2.38. The van der Waals surface area contributed by atoms with Crippen molar-refractivity contribution < 1.29 is 24.5 Å². The van der Waals surface area contributed by atoms with Gasteiger partial charge < -0.3 is 19.7 Å². The second-order valence-electron chi connectivity index (χ2n) is 5.69. The maximum atomic E-state index is 10.9. The van der Waals surface area contributed by atoms with Gasteiger partial charge in [0.15, 0.2) is 0 Å². The highest BCUT2D eigenvalue weighted by Gasteiger charge is 2.01. The molecule has 0 aromatic heterocycles. The van der Waals surface area contributed by atoms with E-state index in [4.69, 9.17) is 4.74 Å². The standard InChI is InChI=1S/C18H28O5/c1-22-18(21)10-8-6-4-2-3-5-7-9-11-23-17-13-15(19)12-16(20)14-17/h12-14,19-20H,2-11H2,1H3. The van der Waals surface area contributed by atoms with E-state index >= 15 is 0 Å². The molecule has 0 fully saturated rings. The molecule has 0 aliphatic carbocycles. The van der Waals surface area contributed by atoms with Crippen LogP contribution < -0.4 is 4.74 Å². The zero-order chi connectivity index (χ0) is 16.9. The quantitative estimate of drug-likeness (QED) is 0.446. The largest absolute Gasteiger partial charge is 0.508 e. The number of unbranched alkanes of at least 4 members (excludes halogenated alkanes) is 7. The lowest BCUT2D eigenvalue weighted by Gasteiger charge is -2.07. The van der Waals surface area contributed by atoms with Gasteiger partial charge in [0.1, 0.15) is 17.2 Å². The average Bonchev–Trinajstić information content (AvgIpc) is 2.51. The highest BCUT2D eigenvalue weighted by atomic mass is 16.5. The third-order valence-corrected chi connectivity index (χ3v) is 3.65. The Morgan fingerprint density at radius 1 is 0.870 bits per heavy atom. The number of rotatable bonds is 12. The van der Waals surface area contributed by atoms with E-state index in [0.717, 1.165) is 32.1 Å². The van der Waals surface area contributed by atoms with Crippen LogP contribution in [0.25, 0.3) is 0 Å². The second-order valence-corrected chi connectivity index (χ2v) is 5.69. The molecule has 1 rings (SSSR count). The molecule has 1 aromatic rings. The molecule has 0 atom stereocenters. The van der Waals surface area contributed by atoms with Gasteiger partial charge in [-0.3, -0.25) is 4.79 Å². The van der Waals surface area contributed by atoms with Crippen LogP contribution in [0.5, 0.6) is 17.2 Å². The summed E-state index contributed by atoms with van der Waals surface area (Å²) in [5, 5.41) is 18.7. The van der Waals surface area contributed by atoms with Gasteiger partial charge in [0.05, 0.1) is 13.7 Å². The monoisotopic (exact) mass is 324 g/mol. The lowest BCUT2D eigenvalue weighted by Crippen LogP contribution is -1.99. The summed E-state index contributed by atoms with van der Waals surface area (Å²) in [7, 11) is 1.43. The lowest BCUT2D eigenvalue weighted by molar-refractivity contribution is -0.140. The van der Waals surface area contributed by atoms with Crippen molar-refractivity contribution in [2.24, 2.45) is 0 Å². The Hall–Kier alpha value is -1.91. The third kappa shape index (κ3) is 9.66. The van der Waals surface area contributed by atoms with E-state index in [1.807, 2.05) is 0 Å². The van der Waals surface area contributed by atoms with Crippen LogP contribution >= 0.6 is 0 Å². The molecule has 0 saturated carbocycles. The van der Waals surface area contributed by atoms with Crippen molar-refractivity contribution in [2.45, 2.75) is 57.8 Å². The maximum absolute atomic E-state index is 10.9. The van der Waals surface area contributed by atoms with Crippen LogP contribution in [0.15, 0.2) is 18.2 Å². The zero-order valence-electron chi connectivity index (χ0n) is 13.9. The predicted octanol–water partition coefficient (Wildman–Crippen LogP) is 4.16. The van der Waals surface area contributed by atoms with Crippen LogP contribution in [0.3, 0.4) is 0 Å². The number of ether oxygens (including phenoxy) is 2.